The zero-order chi connectivity index (χ0) is 24.7. The minimum absolute atomic E-state index is 0.103. The second kappa shape index (κ2) is 16.3. The normalized spacial score (nSPS) is 12.0. The van der Waals surface area contributed by atoms with Crippen LogP contribution in [0.2, 0.25) is 0 Å². The molecule has 0 aliphatic rings. The molecule has 34 heavy (non-hydrogen) atoms. The van der Waals surface area contributed by atoms with Crippen molar-refractivity contribution in [2.24, 2.45) is 0 Å². The predicted octanol–water partition coefficient (Wildman–Crippen LogP) is 9.45. The average molecular weight is 489 g/mol. The Kier molecular flexibility index (Phi) is 13.8. The van der Waals surface area contributed by atoms with Crippen LogP contribution in [0.3, 0.4) is 0 Å². The van der Waals surface area contributed by atoms with Gasteiger partial charge in [0.2, 0.25) is 0 Å². The number of hydrogen-bond donors (Lipinski definition) is 1. The molecule has 0 radical (unpaired) electrons. The lowest BCUT2D eigenvalue weighted by molar-refractivity contribution is 0.481. The second-order valence-corrected chi connectivity index (χ2v) is 11.4. The number of unbranched alkanes of at least 4 members (excludes halogenated alkanes) is 14. The zero-order valence-electron chi connectivity index (χ0n) is 21.8. The van der Waals surface area contributed by atoms with Gasteiger partial charge in [0.25, 0.3) is 10.1 Å². The third-order valence-electron chi connectivity index (χ3n) is 7.03. The van der Waals surface area contributed by atoms with Gasteiger partial charge in [-0.25, -0.2) is 0 Å². The van der Waals surface area contributed by atoms with Crippen LogP contribution in [0.5, 0.6) is 0 Å². The molecule has 2 aromatic rings. The number of aryl methyl sites for hydroxylation is 2. The van der Waals surface area contributed by atoms with E-state index >= 15 is 0 Å². The summed E-state index contributed by atoms with van der Waals surface area (Å²) < 4.78 is 34.4. The third kappa shape index (κ3) is 10.5. The molecule has 0 heterocycles. The summed E-state index contributed by atoms with van der Waals surface area (Å²) in [6.45, 7) is 4.48. The molecule has 0 aromatic heterocycles. The maximum absolute atomic E-state index is 12.2. The average Bonchev–Trinajstić information content (AvgIpc) is 2.81. The topological polar surface area (TPSA) is 54.4 Å². The van der Waals surface area contributed by atoms with Crippen molar-refractivity contribution in [1.82, 2.24) is 0 Å². The van der Waals surface area contributed by atoms with E-state index in [-0.39, 0.29) is 4.90 Å². The number of benzene rings is 2. The van der Waals surface area contributed by atoms with Gasteiger partial charge >= 0.3 is 0 Å². The summed E-state index contributed by atoms with van der Waals surface area (Å²) in [5.74, 6) is 0. The minimum atomic E-state index is -4.24. The molecule has 0 saturated heterocycles. The Balaban J connectivity index is 1.97. The highest BCUT2D eigenvalue weighted by Crippen LogP contribution is 2.29. The van der Waals surface area contributed by atoms with Gasteiger partial charge in [0.15, 0.2) is 0 Å². The molecule has 0 aliphatic heterocycles. The summed E-state index contributed by atoms with van der Waals surface area (Å²) in [5.41, 5.74) is 1.94. The molecule has 0 aliphatic carbocycles. The Bertz CT molecular complexity index is 933. The molecule has 0 unspecified atom stereocenters. The Hall–Kier alpha value is -1.39. The number of rotatable bonds is 19. The number of hydrogen-bond acceptors (Lipinski definition) is 2. The molecule has 2 aromatic carbocycles. The minimum Gasteiger partial charge on any atom is -0.282 e. The largest absolute Gasteiger partial charge is 0.294 e. The van der Waals surface area contributed by atoms with Crippen LogP contribution in [0.25, 0.3) is 10.8 Å². The number of fused-ring (bicyclic) bond motifs is 1. The highest BCUT2D eigenvalue weighted by Gasteiger charge is 2.17. The SMILES string of the molecule is CCCCCCCCCCc1cc2cccc(CCCCCCCCCC)c2cc1S(=O)(=O)O. The van der Waals surface area contributed by atoms with E-state index in [2.05, 4.69) is 32.0 Å². The molecule has 0 fully saturated rings. The van der Waals surface area contributed by atoms with Gasteiger partial charge in [-0.3, -0.25) is 4.55 Å². The smallest absolute Gasteiger partial charge is 0.282 e. The molecule has 2 rings (SSSR count). The Morgan fingerprint density at radius 1 is 0.618 bits per heavy atom. The van der Waals surface area contributed by atoms with Gasteiger partial charge in [0.1, 0.15) is 0 Å². The lowest BCUT2D eigenvalue weighted by atomic mass is 9.96. The second-order valence-electron chi connectivity index (χ2n) is 10.0. The highest BCUT2D eigenvalue weighted by atomic mass is 32.2. The molecule has 0 spiro atoms. The van der Waals surface area contributed by atoms with E-state index in [4.69, 9.17) is 0 Å². The van der Waals surface area contributed by atoms with Gasteiger partial charge < -0.3 is 0 Å². The van der Waals surface area contributed by atoms with Gasteiger partial charge in [-0.05, 0) is 59.7 Å². The van der Waals surface area contributed by atoms with Crippen LogP contribution in [0.4, 0.5) is 0 Å². The van der Waals surface area contributed by atoms with Gasteiger partial charge in [0, 0.05) is 0 Å². The van der Waals surface area contributed by atoms with Crippen molar-refractivity contribution in [2.75, 3.05) is 0 Å². The quantitative estimate of drug-likeness (QED) is 0.158. The van der Waals surface area contributed by atoms with Crippen LogP contribution >= 0.6 is 0 Å². The van der Waals surface area contributed by atoms with Crippen molar-refractivity contribution in [1.29, 1.82) is 0 Å². The standard InChI is InChI=1S/C30H48O3S/c1-3-5-7-9-11-13-15-17-20-26-22-19-23-27-24-28(30(25-29(26)27)34(31,32)33)21-18-16-14-12-10-8-6-4-2/h19,22-25H,3-18,20-21H2,1-2H3,(H,31,32,33). The van der Waals surface area contributed by atoms with E-state index in [1.807, 2.05) is 6.07 Å². The lowest BCUT2D eigenvalue weighted by Crippen LogP contribution is -2.04. The molecule has 0 saturated carbocycles. The van der Waals surface area contributed by atoms with Crippen LogP contribution in [0.1, 0.15) is 128 Å². The maximum Gasteiger partial charge on any atom is 0.294 e. The molecule has 0 amide bonds. The molecule has 0 bridgehead atoms. The summed E-state index contributed by atoms with van der Waals surface area (Å²) in [4.78, 5) is 0.103. The molecule has 1 N–H and O–H groups in total. The molecular formula is C30H48O3S. The van der Waals surface area contributed by atoms with E-state index in [0.29, 0.717) is 6.42 Å². The first-order valence-electron chi connectivity index (χ1n) is 14.0. The van der Waals surface area contributed by atoms with Crippen molar-refractivity contribution in [3.8, 4) is 0 Å². The van der Waals surface area contributed by atoms with E-state index in [9.17, 15) is 13.0 Å². The van der Waals surface area contributed by atoms with Crippen molar-refractivity contribution >= 4 is 20.9 Å². The fourth-order valence-corrected chi connectivity index (χ4v) is 5.73. The van der Waals surface area contributed by atoms with Gasteiger partial charge in [0.05, 0.1) is 4.90 Å². The summed E-state index contributed by atoms with van der Waals surface area (Å²) in [6, 6.07) is 9.98. The lowest BCUT2D eigenvalue weighted by Gasteiger charge is -2.13. The summed E-state index contributed by atoms with van der Waals surface area (Å²) >= 11 is 0. The predicted molar refractivity (Wildman–Crippen MR) is 146 cm³/mol. The van der Waals surface area contributed by atoms with Gasteiger partial charge in [-0.2, -0.15) is 8.42 Å². The van der Waals surface area contributed by atoms with E-state index in [1.54, 1.807) is 6.07 Å². The van der Waals surface area contributed by atoms with Crippen molar-refractivity contribution in [2.45, 2.75) is 134 Å². The van der Waals surface area contributed by atoms with Crippen LogP contribution < -0.4 is 0 Å². The highest BCUT2D eigenvalue weighted by molar-refractivity contribution is 7.85. The fourth-order valence-electron chi connectivity index (χ4n) is 4.97. The Labute approximate surface area is 209 Å². The van der Waals surface area contributed by atoms with Crippen LogP contribution in [-0.4, -0.2) is 13.0 Å². The third-order valence-corrected chi connectivity index (χ3v) is 7.96. The summed E-state index contributed by atoms with van der Waals surface area (Å²) in [5, 5.41) is 2.05. The molecule has 4 heteroatoms. The first kappa shape index (κ1) is 28.8. The van der Waals surface area contributed by atoms with E-state index < -0.39 is 10.1 Å². The first-order valence-corrected chi connectivity index (χ1v) is 15.4. The van der Waals surface area contributed by atoms with Crippen molar-refractivity contribution < 1.29 is 13.0 Å². The summed E-state index contributed by atoms with van der Waals surface area (Å²) in [6.07, 6.45) is 21.6. The first-order chi connectivity index (χ1) is 16.5. The maximum atomic E-state index is 12.2. The molecular weight excluding hydrogens is 440 g/mol. The molecule has 3 nitrogen and oxygen atoms in total. The van der Waals surface area contributed by atoms with Crippen LogP contribution in [-0.2, 0) is 23.0 Å². The van der Waals surface area contributed by atoms with E-state index in [1.165, 1.54) is 89.0 Å². The van der Waals surface area contributed by atoms with Crippen LogP contribution in [0.15, 0.2) is 35.2 Å². The molecule has 192 valence electrons. The van der Waals surface area contributed by atoms with E-state index in [0.717, 1.165) is 42.0 Å². The van der Waals surface area contributed by atoms with Crippen molar-refractivity contribution in [3.63, 3.8) is 0 Å². The Morgan fingerprint density at radius 2 is 1.09 bits per heavy atom. The van der Waals surface area contributed by atoms with Gasteiger partial charge in [-0.1, -0.05) is 122 Å². The summed E-state index contributed by atoms with van der Waals surface area (Å²) in [7, 11) is -4.24. The Morgan fingerprint density at radius 3 is 1.59 bits per heavy atom. The zero-order valence-corrected chi connectivity index (χ0v) is 22.6. The fraction of sp³-hybridized carbons (Fsp3) is 0.667. The van der Waals surface area contributed by atoms with Crippen molar-refractivity contribution in [3.05, 3.63) is 41.5 Å². The van der Waals surface area contributed by atoms with Crippen LogP contribution in [0, 0.1) is 0 Å². The monoisotopic (exact) mass is 488 g/mol. The molecule has 0 atom stereocenters. The van der Waals surface area contributed by atoms with Gasteiger partial charge in [-0.15, -0.1) is 0 Å².